The first-order valence-corrected chi connectivity index (χ1v) is 10.3. The number of fused-ring (bicyclic) bond motifs is 1. The molecule has 4 rings (SSSR count). The number of rotatable bonds is 6. The Bertz CT molecular complexity index is 1040. The average Bonchev–Trinajstić information content (AvgIpc) is 2.76. The van der Waals surface area contributed by atoms with Gasteiger partial charge in [0.2, 0.25) is 5.91 Å². The Balaban J connectivity index is 1.52. The van der Waals surface area contributed by atoms with Crippen LogP contribution in [0.25, 0.3) is 10.9 Å². The lowest BCUT2D eigenvalue weighted by Crippen LogP contribution is -2.39. The second-order valence-electron chi connectivity index (χ2n) is 8.03. The second kappa shape index (κ2) is 8.55. The summed E-state index contributed by atoms with van der Waals surface area (Å²) in [5, 5.41) is 3.62. The largest absolute Gasteiger partial charge is 0.350 e. The molecule has 29 heavy (non-hydrogen) atoms. The first kappa shape index (κ1) is 19.3. The smallest absolute Gasteiger partial charge is 0.261 e. The van der Waals surface area contributed by atoms with Crippen molar-refractivity contribution in [2.24, 2.45) is 5.41 Å². The van der Waals surface area contributed by atoms with Crippen molar-refractivity contribution in [3.63, 3.8) is 0 Å². The van der Waals surface area contributed by atoms with Crippen LogP contribution in [-0.2, 0) is 17.9 Å². The summed E-state index contributed by atoms with van der Waals surface area (Å²) in [7, 11) is 0. The molecule has 2 aromatic heterocycles. The normalized spacial score (nSPS) is 15.9. The molecule has 1 N–H and O–H groups in total. The van der Waals surface area contributed by atoms with Crippen molar-refractivity contribution in [1.29, 1.82) is 0 Å². The minimum Gasteiger partial charge on any atom is -0.350 e. The molecule has 0 unspecified atom stereocenters. The number of hydrogen-bond donors (Lipinski definition) is 1. The van der Waals surface area contributed by atoms with Crippen LogP contribution >= 0.6 is 0 Å². The number of benzene rings is 1. The van der Waals surface area contributed by atoms with Crippen LogP contribution in [0.3, 0.4) is 0 Å². The summed E-state index contributed by atoms with van der Waals surface area (Å²) >= 11 is 0. The van der Waals surface area contributed by atoms with Crippen molar-refractivity contribution < 1.29 is 4.79 Å². The van der Waals surface area contributed by atoms with Crippen molar-refractivity contribution in [2.75, 3.05) is 0 Å². The summed E-state index contributed by atoms with van der Waals surface area (Å²) in [6.07, 6.45) is 9.02. The highest BCUT2D eigenvalue weighted by molar-refractivity contribution is 5.77. The van der Waals surface area contributed by atoms with E-state index >= 15 is 0 Å². The molecule has 0 radical (unpaired) electrons. The van der Waals surface area contributed by atoms with Gasteiger partial charge in [-0.05, 0) is 42.5 Å². The highest BCUT2D eigenvalue weighted by Gasteiger charge is 2.35. The van der Waals surface area contributed by atoms with Crippen LogP contribution in [0.1, 0.15) is 44.2 Å². The maximum atomic E-state index is 13.0. The summed E-state index contributed by atoms with van der Waals surface area (Å²) in [6, 6.07) is 13.1. The van der Waals surface area contributed by atoms with Crippen LogP contribution in [0.5, 0.6) is 0 Å². The number of para-hydroxylation sites is 1. The van der Waals surface area contributed by atoms with Gasteiger partial charge in [-0.2, -0.15) is 0 Å². The maximum Gasteiger partial charge on any atom is 0.261 e. The lowest BCUT2D eigenvalue weighted by atomic mass is 9.71. The highest BCUT2D eigenvalue weighted by Crippen LogP contribution is 2.40. The third-order valence-electron chi connectivity index (χ3n) is 5.88. The molecule has 1 amide bonds. The van der Waals surface area contributed by atoms with E-state index in [4.69, 9.17) is 0 Å². The fourth-order valence-corrected chi connectivity index (χ4v) is 4.37. The molecule has 1 saturated carbocycles. The van der Waals surface area contributed by atoms with Crippen LogP contribution in [0, 0.1) is 5.41 Å². The van der Waals surface area contributed by atoms with Crippen molar-refractivity contribution in [1.82, 2.24) is 19.9 Å². The lowest BCUT2D eigenvalue weighted by molar-refractivity contribution is -0.124. The third kappa shape index (κ3) is 4.53. The molecular weight excluding hydrogens is 364 g/mol. The van der Waals surface area contributed by atoms with E-state index in [1.807, 2.05) is 42.5 Å². The SMILES string of the molecule is O=C(CC1(Cn2cnc3ccccc3c2=O)CCCCC1)NCc1ccccn1. The van der Waals surface area contributed by atoms with Crippen LogP contribution in [0.2, 0.25) is 0 Å². The van der Waals surface area contributed by atoms with E-state index < -0.39 is 0 Å². The molecule has 3 aromatic rings. The second-order valence-corrected chi connectivity index (χ2v) is 8.03. The lowest BCUT2D eigenvalue weighted by Gasteiger charge is -2.37. The quantitative estimate of drug-likeness (QED) is 0.699. The number of carbonyl (C=O) groups excluding carboxylic acids is 1. The van der Waals surface area contributed by atoms with Gasteiger partial charge in [0.15, 0.2) is 0 Å². The maximum absolute atomic E-state index is 13.0. The Labute approximate surface area is 170 Å². The number of aromatic nitrogens is 3. The van der Waals surface area contributed by atoms with E-state index in [-0.39, 0.29) is 16.9 Å². The summed E-state index contributed by atoms with van der Waals surface area (Å²) < 4.78 is 1.69. The van der Waals surface area contributed by atoms with E-state index in [2.05, 4.69) is 15.3 Å². The van der Waals surface area contributed by atoms with Crippen LogP contribution < -0.4 is 10.9 Å². The predicted molar refractivity (Wildman–Crippen MR) is 112 cm³/mol. The molecule has 0 saturated heterocycles. The van der Waals surface area contributed by atoms with Gasteiger partial charge in [-0.3, -0.25) is 19.1 Å². The van der Waals surface area contributed by atoms with E-state index in [9.17, 15) is 9.59 Å². The number of hydrogen-bond acceptors (Lipinski definition) is 4. The van der Waals surface area contributed by atoms with Crippen molar-refractivity contribution >= 4 is 16.8 Å². The molecular formula is C23H26N4O2. The first-order chi connectivity index (χ1) is 14.2. The molecule has 2 heterocycles. The van der Waals surface area contributed by atoms with Gasteiger partial charge in [0.1, 0.15) is 0 Å². The molecule has 0 atom stereocenters. The number of nitrogens with zero attached hydrogens (tertiary/aromatic N) is 3. The van der Waals surface area contributed by atoms with Crippen LogP contribution in [0.15, 0.2) is 59.8 Å². The minimum atomic E-state index is -0.208. The Morgan fingerprint density at radius 2 is 1.83 bits per heavy atom. The molecule has 1 aliphatic rings. The summed E-state index contributed by atoms with van der Waals surface area (Å²) in [5.74, 6) is 0.0133. The van der Waals surface area contributed by atoms with Crippen LogP contribution in [0.4, 0.5) is 0 Å². The zero-order valence-electron chi connectivity index (χ0n) is 16.5. The number of pyridine rings is 1. The highest BCUT2D eigenvalue weighted by atomic mass is 16.1. The topological polar surface area (TPSA) is 76.9 Å². The molecule has 0 spiro atoms. The molecule has 0 aliphatic heterocycles. The standard InChI is InChI=1S/C23H26N4O2/c28-21(25-15-18-8-4-7-13-24-18)14-23(11-5-1-6-12-23)16-27-17-26-20-10-3-2-9-19(20)22(27)29/h2-4,7-10,13,17H,1,5-6,11-12,14-16H2,(H,25,28). The van der Waals surface area contributed by atoms with Gasteiger partial charge in [-0.1, -0.05) is 37.5 Å². The van der Waals surface area contributed by atoms with E-state index in [0.29, 0.717) is 30.4 Å². The van der Waals surface area contributed by atoms with Gasteiger partial charge in [0.25, 0.3) is 5.56 Å². The first-order valence-electron chi connectivity index (χ1n) is 10.3. The average molecular weight is 390 g/mol. The fourth-order valence-electron chi connectivity index (χ4n) is 4.37. The van der Waals surface area contributed by atoms with E-state index in [1.165, 1.54) is 6.42 Å². The molecule has 150 valence electrons. The summed E-state index contributed by atoms with van der Waals surface area (Å²) in [5.41, 5.74) is 1.31. The Kier molecular flexibility index (Phi) is 5.69. The fraction of sp³-hybridized carbons (Fsp3) is 0.391. The van der Waals surface area contributed by atoms with Crippen molar-refractivity contribution in [2.45, 2.75) is 51.6 Å². The predicted octanol–water partition coefficient (Wildman–Crippen LogP) is 3.45. The number of nitrogens with one attached hydrogen (secondary N) is 1. The van der Waals surface area contributed by atoms with Crippen molar-refractivity contribution in [3.8, 4) is 0 Å². The molecule has 1 aromatic carbocycles. The third-order valence-corrected chi connectivity index (χ3v) is 5.88. The van der Waals surface area contributed by atoms with Gasteiger partial charge in [-0.15, -0.1) is 0 Å². The Hall–Kier alpha value is -3.02. The van der Waals surface area contributed by atoms with Gasteiger partial charge >= 0.3 is 0 Å². The van der Waals surface area contributed by atoms with Gasteiger partial charge in [-0.25, -0.2) is 4.98 Å². The molecule has 1 fully saturated rings. The van der Waals surface area contributed by atoms with E-state index in [1.54, 1.807) is 17.1 Å². The van der Waals surface area contributed by atoms with Crippen molar-refractivity contribution in [3.05, 3.63) is 71.0 Å². The van der Waals surface area contributed by atoms with Gasteiger partial charge in [0, 0.05) is 19.2 Å². The monoisotopic (exact) mass is 390 g/mol. The molecule has 0 bridgehead atoms. The van der Waals surface area contributed by atoms with E-state index in [0.717, 1.165) is 31.4 Å². The summed E-state index contributed by atoms with van der Waals surface area (Å²) in [4.78, 5) is 34.4. The zero-order chi connectivity index (χ0) is 20.1. The number of amides is 1. The van der Waals surface area contributed by atoms with Gasteiger partial charge < -0.3 is 5.32 Å². The molecule has 6 heteroatoms. The molecule has 1 aliphatic carbocycles. The zero-order valence-corrected chi connectivity index (χ0v) is 16.5. The van der Waals surface area contributed by atoms with Crippen LogP contribution in [-0.4, -0.2) is 20.4 Å². The Morgan fingerprint density at radius 1 is 1.03 bits per heavy atom. The Morgan fingerprint density at radius 3 is 2.62 bits per heavy atom. The minimum absolute atomic E-state index is 0.0133. The van der Waals surface area contributed by atoms with Gasteiger partial charge in [0.05, 0.1) is 29.5 Å². The molecule has 6 nitrogen and oxygen atoms in total. The number of carbonyl (C=O) groups is 1. The summed E-state index contributed by atoms with van der Waals surface area (Å²) in [6.45, 7) is 0.952.